The Labute approximate surface area is 243 Å². The molecule has 1 N–H and O–H groups in total. The summed E-state index contributed by atoms with van der Waals surface area (Å²) in [6, 6.07) is 1.24. The quantitative estimate of drug-likeness (QED) is 0.259. The third-order valence-corrected chi connectivity index (χ3v) is 8.32. The number of esters is 2. The zero-order valence-electron chi connectivity index (χ0n) is 22.3. The number of ether oxygens (including phenoxy) is 2. The Morgan fingerprint density at radius 2 is 1.95 bits per heavy atom. The Balaban J connectivity index is 1.45. The Kier molecular flexibility index (Phi) is 8.79. The van der Waals surface area contributed by atoms with Gasteiger partial charge in [-0.25, -0.2) is 23.5 Å². The average molecular weight is 605 g/mol. The topological polar surface area (TPSA) is 116 Å². The summed E-state index contributed by atoms with van der Waals surface area (Å²) in [5, 5.41) is 5.21. The van der Waals surface area contributed by atoms with Crippen molar-refractivity contribution in [1.82, 2.24) is 15.3 Å². The van der Waals surface area contributed by atoms with E-state index in [0.29, 0.717) is 60.4 Å². The van der Waals surface area contributed by atoms with E-state index in [0.717, 1.165) is 6.07 Å². The minimum atomic E-state index is -1.21. The van der Waals surface area contributed by atoms with Gasteiger partial charge in [-0.2, -0.15) is 0 Å². The number of nitrogens with one attached hydrogen (secondary N) is 1. The first kappa shape index (κ1) is 28.9. The molecule has 1 aliphatic carbocycles. The molecule has 41 heavy (non-hydrogen) atoms. The largest absolute Gasteiger partial charge is 0.466 e. The lowest BCUT2D eigenvalue weighted by Crippen LogP contribution is -2.37. The number of carbonyl (C=O) groups is 2. The molecule has 1 fully saturated rings. The van der Waals surface area contributed by atoms with Gasteiger partial charge in [0.25, 0.3) is 0 Å². The molecule has 2 aromatic heterocycles. The molecular weight excluding hydrogens is 578 g/mol. The molecule has 1 unspecified atom stereocenters. The zero-order chi connectivity index (χ0) is 29.1. The Hall–Kier alpha value is -3.64. The van der Waals surface area contributed by atoms with Crippen LogP contribution in [0.2, 0.25) is 5.02 Å². The maximum atomic E-state index is 14.5. The van der Waals surface area contributed by atoms with Gasteiger partial charge in [-0.3, -0.25) is 9.79 Å². The second kappa shape index (κ2) is 12.5. The summed E-state index contributed by atoms with van der Waals surface area (Å²) in [6.45, 7) is 2.04. The number of oxazole rings is 1. The van der Waals surface area contributed by atoms with Gasteiger partial charge < -0.3 is 19.2 Å². The van der Waals surface area contributed by atoms with Crippen molar-refractivity contribution >= 4 is 40.7 Å². The molecule has 216 valence electrons. The van der Waals surface area contributed by atoms with Crippen LogP contribution in [0.4, 0.5) is 8.78 Å². The Morgan fingerprint density at radius 3 is 2.63 bits per heavy atom. The maximum absolute atomic E-state index is 14.5. The number of halogens is 3. The van der Waals surface area contributed by atoms with Crippen molar-refractivity contribution in [2.75, 3.05) is 13.7 Å². The van der Waals surface area contributed by atoms with Crippen LogP contribution < -0.4 is 5.32 Å². The molecule has 13 heteroatoms. The summed E-state index contributed by atoms with van der Waals surface area (Å²) < 4.78 is 44.3. The SMILES string of the molecule is CCOC(=O)Cc1coc([C@H]2CC[C@@H](C3=C(C(=O)OC)C(c4ccc(F)c(F)c4Cl)N=C(c4nccs4)N3)CC2)n1. The number of nitrogens with zero attached hydrogens (tertiary/aromatic N) is 3. The first-order valence-electron chi connectivity index (χ1n) is 13.1. The molecule has 0 radical (unpaired) electrons. The predicted octanol–water partition coefficient (Wildman–Crippen LogP) is 5.66. The van der Waals surface area contributed by atoms with Gasteiger partial charge in [0.05, 0.1) is 36.4 Å². The summed E-state index contributed by atoms with van der Waals surface area (Å²) in [4.78, 5) is 38.5. The van der Waals surface area contributed by atoms with Crippen molar-refractivity contribution in [2.45, 2.75) is 51.0 Å². The van der Waals surface area contributed by atoms with Crippen LogP contribution in [0.1, 0.15) is 66.7 Å². The summed E-state index contributed by atoms with van der Waals surface area (Å²) in [6.07, 6.45) is 5.86. The van der Waals surface area contributed by atoms with Crippen LogP contribution in [0.25, 0.3) is 0 Å². The van der Waals surface area contributed by atoms with Crippen LogP contribution >= 0.6 is 22.9 Å². The third kappa shape index (κ3) is 6.03. The normalized spacial score (nSPS) is 20.8. The second-order valence-corrected chi connectivity index (χ2v) is 10.9. The second-order valence-electron chi connectivity index (χ2n) is 9.63. The number of aliphatic imine (C=N–C) groups is 1. The van der Waals surface area contributed by atoms with Crippen molar-refractivity contribution in [3.8, 4) is 0 Å². The van der Waals surface area contributed by atoms with Crippen LogP contribution in [-0.4, -0.2) is 41.5 Å². The molecular formula is C28H27ClF2N4O5S. The lowest BCUT2D eigenvalue weighted by Gasteiger charge is -2.34. The molecule has 9 nitrogen and oxygen atoms in total. The number of aromatic nitrogens is 2. The summed E-state index contributed by atoms with van der Waals surface area (Å²) in [7, 11) is 1.25. The van der Waals surface area contributed by atoms with Crippen molar-refractivity contribution in [3.05, 3.63) is 80.1 Å². The molecule has 2 aliphatic rings. The van der Waals surface area contributed by atoms with Crippen molar-refractivity contribution in [2.24, 2.45) is 10.9 Å². The highest BCUT2D eigenvalue weighted by Crippen LogP contribution is 2.44. The Bertz CT molecular complexity index is 1500. The minimum Gasteiger partial charge on any atom is -0.466 e. The van der Waals surface area contributed by atoms with E-state index < -0.39 is 28.7 Å². The van der Waals surface area contributed by atoms with Crippen LogP contribution in [0.3, 0.4) is 0 Å². The molecule has 3 heterocycles. The fourth-order valence-corrected chi connectivity index (χ4v) is 6.07. The van der Waals surface area contributed by atoms with Crippen molar-refractivity contribution < 1.29 is 32.3 Å². The number of hydrogen-bond donors (Lipinski definition) is 1. The average Bonchev–Trinajstić information content (AvgIpc) is 3.68. The van der Waals surface area contributed by atoms with E-state index in [1.54, 1.807) is 18.5 Å². The van der Waals surface area contributed by atoms with Gasteiger partial charge in [-0.1, -0.05) is 17.7 Å². The molecule has 0 bridgehead atoms. The van der Waals surface area contributed by atoms with Gasteiger partial charge in [-0.05, 0) is 44.6 Å². The standard InChI is InChI=1S/C28H27ClF2N4O5S/c1-3-39-19(36)12-16-13-40-26(33-16)15-6-4-14(5-7-15)23-20(28(37)38-2)24(17-8-9-18(30)22(31)21(17)29)35-25(34-23)27-32-10-11-41-27/h8-11,13-15,24H,3-7,12H2,1-2H3,(H,34,35)/t14-,15+,24?. The van der Waals surface area contributed by atoms with Crippen LogP contribution in [-0.2, 0) is 25.5 Å². The van der Waals surface area contributed by atoms with E-state index in [2.05, 4.69) is 20.3 Å². The van der Waals surface area contributed by atoms with Gasteiger partial charge in [0.15, 0.2) is 28.4 Å². The number of carbonyl (C=O) groups excluding carboxylic acids is 2. The van der Waals surface area contributed by atoms with Gasteiger partial charge in [0.2, 0.25) is 0 Å². The minimum absolute atomic E-state index is 0.0245. The van der Waals surface area contributed by atoms with Crippen molar-refractivity contribution in [3.63, 3.8) is 0 Å². The van der Waals surface area contributed by atoms with Gasteiger partial charge in [-0.15, -0.1) is 11.3 Å². The van der Waals surface area contributed by atoms with Crippen LogP contribution in [0.5, 0.6) is 0 Å². The first-order valence-corrected chi connectivity index (χ1v) is 14.4. The fourth-order valence-electron chi connectivity index (χ4n) is 5.23. The molecule has 1 aromatic carbocycles. The fraction of sp³-hybridized carbons (Fsp3) is 0.393. The number of thiazole rings is 1. The number of methoxy groups -OCH3 is 1. The maximum Gasteiger partial charge on any atom is 0.338 e. The number of benzene rings is 1. The van der Waals surface area contributed by atoms with Gasteiger partial charge in [0.1, 0.15) is 12.3 Å². The first-order chi connectivity index (χ1) is 19.8. The van der Waals surface area contributed by atoms with E-state index in [-0.39, 0.29) is 35.4 Å². The Morgan fingerprint density at radius 1 is 1.20 bits per heavy atom. The van der Waals surface area contributed by atoms with Crippen molar-refractivity contribution in [1.29, 1.82) is 0 Å². The molecule has 1 saturated carbocycles. The zero-order valence-corrected chi connectivity index (χ0v) is 23.9. The van der Waals surface area contributed by atoms with E-state index >= 15 is 0 Å². The van der Waals surface area contributed by atoms with Crippen LogP contribution in [0, 0.1) is 17.6 Å². The monoisotopic (exact) mass is 604 g/mol. The summed E-state index contributed by atoms with van der Waals surface area (Å²) >= 11 is 7.59. The van der Waals surface area contributed by atoms with E-state index in [1.165, 1.54) is 30.8 Å². The summed E-state index contributed by atoms with van der Waals surface area (Å²) in [5.41, 5.74) is 1.41. The molecule has 1 aliphatic heterocycles. The molecule has 0 amide bonds. The summed E-state index contributed by atoms with van der Waals surface area (Å²) in [5.74, 6) is -2.48. The smallest absolute Gasteiger partial charge is 0.338 e. The van der Waals surface area contributed by atoms with E-state index in [1.807, 2.05) is 0 Å². The number of amidine groups is 1. The number of hydrogen-bond acceptors (Lipinski definition) is 10. The molecule has 1 atom stereocenters. The molecule has 0 spiro atoms. The highest BCUT2D eigenvalue weighted by atomic mass is 35.5. The predicted molar refractivity (Wildman–Crippen MR) is 146 cm³/mol. The van der Waals surface area contributed by atoms with E-state index in [4.69, 9.17) is 25.5 Å². The third-order valence-electron chi connectivity index (χ3n) is 7.16. The molecule has 0 saturated heterocycles. The molecule has 3 aromatic rings. The molecule has 5 rings (SSSR count). The van der Waals surface area contributed by atoms with Gasteiger partial charge >= 0.3 is 11.9 Å². The van der Waals surface area contributed by atoms with E-state index in [9.17, 15) is 18.4 Å². The lowest BCUT2D eigenvalue weighted by atomic mass is 9.78. The highest BCUT2D eigenvalue weighted by molar-refractivity contribution is 7.11. The number of allylic oxidation sites excluding steroid dienone is 1. The number of rotatable bonds is 8. The van der Waals surface area contributed by atoms with Crippen LogP contribution in [0.15, 0.2) is 50.7 Å². The highest BCUT2D eigenvalue weighted by Gasteiger charge is 2.39. The lowest BCUT2D eigenvalue weighted by molar-refractivity contribution is -0.142. The van der Waals surface area contributed by atoms with Gasteiger partial charge in [0, 0.05) is 28.8 Å².